The van der Waals surface area contributed by atoms with E-state index in [-0.39, 0.29) is 11.8 Å². The van der Waals surface area contributed by atoms with Gasteiger partial charge >= 0.3 is 0 Å². The van der Waals surface area contributed by atoms with Gasteiger partial charge in [-0.25, -0.2) is 8.42 Å². The maximum absolute atomic E-state index is 11.6. The zero-order valence-electron chi connectivity index (χ0n) is 8.62. The molecule has 0 bridgehead atoms. The first-order valence-corrected chi connectivity index (χ1v) is 6.61. The molecule has 0 aromatic carbocycles. The van der Waals surface area contributed by atoms with Crippen molar-refractivity contribution in [1.82, 2.24) is 4.72 Å². The van der Waals surface area contributed by atoms with Crippen molar-refractivity contribution < 1.29 is 13.2 Å². The first-order chi connectivity index (χ1) is 6.51. The Labute approximate surface area is 85.1 Å². The topological polar surface area (TPSA) is 63.2 Å². The van der Waals surface area contributed by atoms with Crippen LogP contribution >= 0.6 is 0 Å². The van der Waals surface area contributed by atoms with Crippen LogP contribution in [0.15, 0.2) is 0 Å². The molecule has 0 aliphatic heterocycles. The molecule has 0 spiro atoms. The quantitative estimate of drug-likeness (QED) is 0.751. The fourth-order valence-corrected chi connectivity index (χ4v) is 2.87. The summed E-state index contributed by atoms with van der Waals surface area (Å²) in [5.74, 6) is -0.379. The normalized spacial score (nSPS) is 17.1. The number of hydrogen-bond acceptors (Lipinski definition) is 3. The van der Waals surface area contributed by atoms with Crippen LogP contribution < -0.4 is 4.72 Å². The van der Waals surface area contributed by atoms with Crippen molar-refractivity contribution in [3.63, 3.8) is 0 Å². The Kier molecular flexibility index (Phi) is 3.53. The number of amides is 1. The summed E-state index contributed by atoms with van der Waals surface area (Å²) in [6.45, 7) is 3.63. The van der Waals surface area contributed by atoms with Crippen LogP contribution in [0.25, 0.3) is 0 Å². The minimum absolute atomic E-state index is 0.0564. The molecule has 1 aliphatic carbocycles. The lowest BCUT2D eigenvalue weighted by molar-refractivity contribution is -0.120. The molecular weight excluding hydrogens is 202 g/mol. The molecule has 0 heterocycles. The maximum Gasteiger partial charge on any atom is 0.237 e. The van der Waals surface area contributed by atoms with E-state index in [0.29, 0.717) is 12.8 Å². The van der Waals surface area contributed by atoms with E-state index in [1.165, 1.54) is 0 Å². The third kappa shape index (κ3) is 2.70. The summed E-state index contributed by atoms with van der Waals surface area (Å²) in [6, 6.07) is 0. The molecule has 0 aromatic rings. The molecule has 0 radical (unpaired) electrons. The van der Waals surface area contributed by atoms with E-state index in [4.69, 9.17) is 0 Å². The number of hydrogen-bond donors (Lipinski definition) is 1. The van der Waals surface area contributed by atoms with Gasteiger partial charge < -0.3 is 0 Å². The van der Waals surface area contributed by atoms with Crippen LogP contribution in [0.1, 0.15) is 39.5 Å². The van der Waals surface area contributed by atoms with Crippen molar-refractivity contribution in [2.75, 3.05) is 0 Å². The average molecular weight is 219 g/mol. The Morgan fingerprint density at radius 2 is 1.86 bits per heavy atom. The van der Waals surface area contributed by atoms with Gasteiger partial charge in [-0.1, -0.05) is 13.8 Å². The summed E-state index contributed by atoms with van der Waals surface area (Å²) in [5, 5.41) is -0.440. The van der Waals surface area contributed by atoms with Crippen LogP contribution in [0.3, 0.4) is 0 Å². The molecule has 1 amide bonds. The van der Waals surface area contributed by atoms with Crippen molar-refractivity contribution in [3.05, 3.63) is 0 Å². The molecule has 1 rings (SSSR count). The fourth-order valence-electron chi connectivity index (χ4n) is 1.38. The zero-order valence-corrected chi connectivity index (χ0v) is 9.43. The van der Waals surface area contributed by atoms with Gasteiger partial charge in [0.2, 0.25) is 15.9 Å². The van der Waals surface area contributed by atoms with Crippen molar-refractivity contribution in [2.45, 2.75) is 44.8 Å². The van der Waals surface area contributed by atoms with Crippen LogP contribution in [0.2, 0.25) is 0 Å². The predicted molar refractivity (Wildman–Crippen MR) is 54.2 cm³/mol. The molecule has 1 fully saturated rings. The van der Waals surface area contributed by atoms with E-state index in [1.807, 2.05) is 13.8 Å². The molecule has 0 unspecified atom stereocenters. The Hall–Kier alpha value is -0.580. The second kappa shape index (κ2) is 4.29. The van der Waals surface area contributed by atoms with Crippen LogP contribution in [0.4, 0.5) is 0 Å². The fraction of sp³-hybridized carbons (Fsp3) is 0.889. The molecule has 82 valence electrons. The lowest BCUT2D eigenvalue weighted by Crippen LogP contribution is -2.38. The third-order valence-corrected chi connectivity index (χ3v) is 4.57. The maximum atomic E-state index is 11.6. The zero-order chi connectivity index (χ0) is 10.8. The average Bonchev–Trinajstić information content (AvgIpc) is 2.86. The second-order valence-electron chi connectivity index (χ2n) is 3.72. The first-order valence-electron chi connectivity index (χ1n) is 5.06. The van der Waals surface area contributed by atoms with Crippen LogP contribution in [0.5, 0.6) is 0 Å². The van der Waals surface area contributed by atoms with Gasteiger partial charge in [0.05, 0.1) is 5.25 Å². The standard InChI is InChI=1S/C9H17NO3S/c1-3-8(4-2)14(12,13)10-9(11)7-5-6-7/h7-8H,3-6H2,1-2H3,(H,10,11). The molecular formula is C9H17NO3S. The van der Waals surface area contributed by atoms with E-state index in [9.17, 15) is 13.2 Å². The summed E-state index contributed by atoms with van der Waals surface area (Å²) in [4.78, 5) is 11.3. The van der Waals surface area contributed by atoms with Crippen LogP contribution in [-0.4, -0.2) is 19.6 Å². The van der Waals surface area contributed by atoms with E-state index in [1.54, 1.807) is 0 Å². The molecule has 4 nitrogen and oxygen atoms in total. The number of nitrogens with one attached hydrogen (secondary N) is 1. The van der Waals surface area contributed by atoms with E-state index in [0.717, 1.165) is 12.8 Å². The SMILES string of the molecule is CCC(CC)S(=O)(=O)NC(=O)C1CC1. The number of carbonyl (C=O) groups excluding carboxylic acids is 1. The lowest BCUT2D eigenvalue weighted by Gasteiger charge is -2.14. The Morgan fingerprint density at radius 1 is 1.36 bits per heavy atom. The third-order valence-electron chi connectivity index (χ3n) is 2.54. The molecule has 1 aliphatic rings. The van der Waals surface area contributed by atoms with Crippen molar-refractivity contribution in [3.8, 4) is 0 Å². The number of sulfonamides is 1. The van der Waals surface area contributed by atoms with Gasteiger partial charge in [0.25, 0.3) is 0 Å². The highest BCUT2D eigenvalue weighted by molar-refractivity contribution is 7.90. The second-order valence-corrected chi connectivity index (χ2v) is 5.68. The summed E-state index contributed by atoms with van der Waals surface area (Å²) in [6.07, 6.45) is 2.74. The highest BCUT2D eigenvalue weighted by Crippen LogP contribution is 2.29. The van der Waals surface area contributed by atoms with Gasteiger partial charge in [-0.15, -0.1) is 0 Å². The molecule has 14 heavy (non-hydrogen) atoms. The Morgan fingerprint density at radius 3 is 2.21 bits per heavy atom. The van der Waals surface area contributed by atoms with Crippen LogP contribution in [-0.2, 0) is 14.8 Å². The van der Waals surface area contributed by atoms with E-state index >= 15 is 0 Å². The van der Waals surface area contributed by atoms with Gasteiger partial charge in [-0.05, 0) is 25.7 Å². The Balaban J connectivity index is 2.59. The summed E-state index contributed by atoms with van der Waals surface area (Å²) < 4.78 is 25.4. The molecule has 1 saturated carbocycles. The highest BCUT2D eigenvalue weighted by atomic mass is 32.2. The largest absolute Gasteiger partial charge is 0.274 e. The first kappa shape index (κ1) is 11.5. The number of carbonyl (C=O) groups is 1. The van der Waals surface area contributed by atoms with Crippen molar-refractivity contribution in [1.29, 1.82) is 0 Å². The summed E-state index contributed by atoms with van der Waals surface area (Å²) >= 11 is 0. The van der Waals surface area contributed by atoms with Crippen molar-refractivity contribution >= 4 is 15.9 Å². The predicted octanol–water partition coefficient (Wildman–Crippen LogP) is 1.03. The molecule has 0 atom stereocenters. The Bertz CT molecular complexity index is 302. The highest BCUT2D eigenvalue weighted by Gasteiger charge is 2.34. The molecule has 0 saturated heterocycles. The van der Waals surface area contributed by atoms with E-state index < -0.39 is 15.3 Å². The summed E-state index contributed by atoms with van der Waals surface area (Å²) in [7, 11) is -3.43. The molecule has 5 heteroatoms. The van der Waals surface area contributed by atoms with Gasteiger partial charge in [-0.3, -0.25) is 9.52 Å². The lowest BCUT2D eigenvalue weighted by atomic mass is 10.3. The summed E-state index contributed by atoms with van der Waals surface area (Å²) in [5.41, 5.74) is 0. The number of rotatable bonds is 5. The minimum Gasteiger partial charge on any atom is -0.274 e. The van der Waals surface area contributed by atoms with Gasteiger partial charge in [0.15, 0.2) is 0 Å². The van der Waals surface area contributed by atoms with Crippen molar-refractivity contribution in [2.24, 2.45) is 5.92 Å². The molecule has 1 N–H and O–H groups in total. The smallest absolute Gasteiger partial charge is 0.237 e. The molecule has 0 aromatic heterocycles. The monoisotopic (exact) mass is 219 g/mol. The van der Waals surface area contributed by atoms with E-state index in [2.05, 4.69) is 4.72 Å². The van der Waals surface area contributed by atoms with Crippen LogP contribution in [0, 0.1) is 5.92 Å². The minimum atomic E-state index is -3.43. The van der Waals surface area contributed by atoms with Gasteiger partial charge in [-0.2, -0.15) is 0 Å². The van der Waals surface area contributed by atoms with Gasteiger partial charge in [0, 0.05) is 5.92 Å². The van der Waals surface area contributed by atoms with Gasteiger partial charge in [0.1, 0.15) is 0 Å².